The first-order valence-electron chi connectivity index (χ1n) is 10.6. The molecule has 11 nitrogen and oxygen atoms in total. The zero-order valence-corrected chi connectivity index (χ0v) is 20.0. The van der Waals surface area contributed by atoms with E-state index >= 15 is 0 Å². The van der Waals surface area contributed by atoms with E-state index in [0.29, 0.717) is 0 Å². The van der Waals surface area contributed by atoms with Gasteiger partial charge < -0.3 is 34.3 Å². The van der Waals surface area contributed by atoms with Crippen LogP contribution in [0.25, 0.3) is 11.2 Å². The molecule has 1 aromatic carbocycles. The SMILES string of the molecule is Nc1ncnc2c1ncn2[C@@H]1O[C@H](COP2(=S)OCCC(c3c(F)c(F)c(F)c(F)c3F)O2)[C@H](O)[C@@H]1O. The van der Waals surface area contributed by atoms with E-state index in [2.05, 4.69) is 15.0 Å². The Morgan fingerprint density at radius 1 is 1.05 bits per heavy atom. The largest absolute Gasteiger partial charge is 0.387 e. The molecule has 5 rings (SSSR count). The number of rotatable bonds is 5. The number of nitrogens with two attached hydrogens (primary N) is 1. The Morgan fingerprint density at radius 2 is 1.73 bits per heavy atom. The Bertz CT molecular complexity index is 1390. The minimum absolute atomic E-state index is 0.0875. The van der Waals surface area contributed by atoms with Gasteiger partial charge in [-0.15, -0.1) is 0 Å². The second-order valence-electron chi connectivity index (χ2n) is 8.07. The summed E-state index contributed by atoms with van der Waals surface area (Å²) in [7, 11) is 0. The van der Waals surface area contributed by atoms with Crippen molar-refractivity contribution in [2.24, 2.45) is 0 Å². The molecule has 4 N–H and O–H groups in total. The maximum absolute atomic E-state index is 14.3. The molecule has 2 aliphatic rings. The molecule has 6 atom stereocenters. The van der Waals surface area contributed by atoms with Crippen LogP contribution >= 0.6 is 6.72 Å². The summed E-state index contributed by atoms with van der Waals surface area (Å²) in [6.07, 6.45) is -4.81. The number of fused-ring (bicyclic) bond motifs is 1. The molecule has 0 aliphatic carbocycles. The van der Waals surface area contributed by atoms with Gasteiger partial charge in [-0.2, -0.15) is 0 Å². The van der Waals surface area contributed by atoms with Crippen LogP contribution in [-0.2, 0) is 30.1 Å². The molecule has 200 valence electrons. The van der Waals surface area contributed by atoms with Gasteiger partial charge in [-0.3, -0.25) is 4.57 Å². The fourth-order valence-corrected chi connectivity index (χ4v) is 6.09. The number of aromatic nitrogens is 4. The maximum atomic E-state index is 14.3. The predicted molar refractivity (Wildman–Crippen MR) is 117 cm³/mol. The third kappa shape index (κ3) is 4.48. The van der Waals surface area contributed by atoms with Gasteiger partial charge in [-0.1, -0.05) is 0 Å². The second-order valence-corrected chi connectivity index (χ2v) is 11.0. The van der Waals surface area contributed by atoms with Crippen LogP contribution in [0.4, 0.5) is 27.8 Å². The van der Waals surface area contributed by atoms with Crippen molar-refractivity contribution in [3.63, 3.8) is 0 Å². The molecule has 2 saturated heterocycles. The monoisotopic (exact) mass is 569 g/mol. The summed E-state index contributed by atoms with van der Waals surface area (Å²) in [5.74, 6) is -10.6. The number of nitrogens with zero attached hydrogens (tertiary/aromatic N) is 4. The third-order valence-corrected chi connectivity index (χ3v) is 8.21. The molecule has 18 heteroatoms. The zero-order chi connectivity index (χ0) is 26.6. The zero-order valence-electron chi connectivity index (χ0n) is 18.3. The van der Waals surface area contributed by atoms with Crippen LogP contribution in [0.1, 0.15) is 24.3 Å². The lowest BCUT2D eigenvalue weighted by Crippen LogP contribution is -2.34. The van der Waals surface area contributed by atoms with Crippen LogP contribution in [0, 0.1) is 29.1 Å². The van der Waals surface area contributed by atoms with Crippen molar-refractivity contribution in [2.45, 2.75) is 37.1 Å². The first-order valence-corrected chi connectivity index (χ1v) is 13.1. The Balaban J connectivity index is 1.31. The van der Waals surface area contributed by atoms with Crippen molar-refractivity contribution in [1.82, 2.24) is 19.5 Å². The molecular weight excluding hydrogens is 552 g/mol. The van der Waals surface area contributed by atoms with Crippen molar-refractivity contribution in [3.05, 3.63) is 47.3 Å². The average Bonchev–Trinajstić information content (AvgIpc) is 3.42. The van der Waals surface area contributed by atoms with Crippen LogP contribution in [0.2, 0.25) is 0 Å². The summed E-state index contributed by atoms with van der Waals surface area (Å²) < 4.78 is 92.5. The Morgan fingerprint density at radius 3 is 2.43 bits per heavy atom. The molecule has 4 heterocycles. The molecule has 2 aliphatic heterocycles. The van der Waals surface area contributed by atoms with Gasteiger partial charge in [-0.25, -0.2) is 36.9 Å². The number of halogens is 5. The summed E-state index contributed by atoms with van der Waals surface area (Å²) in [6.45, 7) is -4.60. The van der Waals surface area contributed by atoms with Gasteiger partial charge >= 0.3 is 6.72 Å². The molecule has 0 radical (unpaired) electrons. The predicted octanol–water partition coefficient (Wildman–Crippen LogP) is 2.14. The van der Waals surface area contributed by atoms with E-state index in [1.54, 1.807) is 0 Å². The highest BCUT2D eigenvalue weighted by atomic mass is 32.5. The third-order valence-electron chi connectivity index (χ3n) is 5.85. The van der Waals surface area contributed by atoms with Crippen LogP contribution in [0.3, 0.4) is 0 Å². The number of imidazole rings is 1. The van der Waals surface area contributed by atoms with E-state index in [1.807, 2.05) is 0 Å². The number of nitrogen functional groups attached to an aromatic ring is 1. The molecule has 2 fully saturated rings. The number of aliphatic hydroxyl groups excluding tert-OH is 2. The number of aliphatic hydroxyl groups is 2. The molecule has 0 saturated carbocycles. The molecule has 0 spiro atoms. The lowest BCUT2D eigenvalue weighted by atomic mass is 10.0. The van der Waals surface area contributed by atoms with Gasteiger partial charge in [0.05, 0.1) is 25.1 Å². The van der Waals surface area contributed by atoms with Gasteiger partial charge in [0, 0.05) is 6.42 Å². The number of hydrogen-bond acceptors (Lipinski definition) is 11. The molecule has 0 bridgehead atoms. The number of ether oxygens (including phenoxy) is 1. The fourth-order valence-electron chi connectivity index (χ4n) is 4.00. The smallest absolute Gasteiger partial charge is 0.327 e. The van der Waals surface area contributed by atoms with Gasteiger partial charge in [0.2, 0.25) is 5.82 Å². The van der Waals surface area contributed by atoms with E-state index in [9.17, 15) is 32.2 Å². The standard InChI is InChI=1S/C19H17F5N5O6PS/c20-9-8(10(21)12(23)13(24)11(9)22)6-1-2-32-36(37,35-6)33-3-7-15(30)16(31)19(34-7)29-5-28-14-17(25)26-4-27-18(14)29/h4-7,15-16,19,30-31H,1-3H2,(H2,25,26,27)/t6?,7-,15+,16+,19-,36?/m1/s1. The van der Waals surface area contributed by atoms with Gasteiger partial charge in [0.1, 0.15) is 36.3 Å². The summed E-state index contributed by atoms with van der Waals surface area (Å²) in [5, 5.41) is 21.0. The highest BCUT2D eigenvalue weighted by Gasteiger charge is 2.46. The first kappa shape index (κ1) is 26.2. The van der Waals surface area contributed by atoms with Crippen LogP contribution in [-0.4, -0.2) is 61.3 Å². The summed E-state index contributed by atoms with van der Waals surface area (Å²) in [5.41, 5.74) is 5.03. The number of benzene rings is 1. The minimum Gasteiger partial charge on any atom is -0.387 e. The van der Waals surface area contributed by atoms with Crippen molar-refractivity contribution in [3.8, 4) is 0 Å². The average molecular weight is 569 g/mol. The molecule has 3 aromatic rings. The van der Waals surface area contributed by atoms with Gasteiger partial charge in [0.15, 0.2) is 41.0 Å². The molecular formula is C19H17F5N5O6PS. The lowest BCUT2D eigenvalue weighted by molar-refractivity contribution is -0.0534. The van der Waals surface area contributed by atoms with Crippen molar-refractivity contribution >= 4 is 35.5 Å². The van der Waals surface area contributed by atoms with E-state index in [4.69, 9.17) is 35.8 Å². The Kier molecular flexibility index (Phi) is 6.91. The van der Waals surface area contributed by atoms with Crippen molar-refractivity contribution in [2.75, 3.05) is 18.9 Å². The van der Waals surface area contributed by atoms with Crippen molar-refractivity contribution < 1.29 is 50.5 Å². The van der Waals surface area contributed by atoms with Crippen LogP contribution in [0.15, 0.2) is 12.7 Å². The Hall–Kier alpha value is -2.37. The maximum Gasteiger partial charge on any atom is 0.327 e. The highest BCUT2D eigenvalue weighted by Crippen LogP contribution is 2.58. The summed E-state index contributed by atoms with van der Waals surface area (Å²) in [4.78, 5) is 11.9. The van der Waals surface area contributed by atoms with E-state index < -0.39 is 78.6 Å². The van der Waals surface area contributed by atoms with Crippen molar-refractivity contribution in [1.29, 1.82) is 0 Å². The van der Waals surface area contributed by atoms with Crippen LogP contribution in [0.5, 0.6) is 0 Å². The van der Waals surface area contributed by atoms with E-state index in [1.165, 1.54) is 17.2 Å². The topological polar surface area (TPSA) is 147 Å². The summed E-state index contributed by atoms with van der Waals surface area (Å²) >= 11 is 5.19. The Labute approximate surface area is 209 Å². The molecule has 37 heavy (non-hydrogen) atoms. The molecule has 0 amide bonds. The van der Waals surface area contributed by atoms with Gasteiger partial charge in [0.25, 0.3) is 0 Å². The quantitative estimate of drug-likeness (QED) is 0.180. The lowest BCUT2D eigenvalue weighted by Gasteiger charge is -2.33. The first-order chi connectivity index (χ1) is 17.5. The van der Waals surface area contributed by atoms with Gasteiger partial charge in [-0.05, 0) is 11.8 Å². The number of anilines is 1. The van der Waals surface area contributed by atoms with E-state index in [0.717, 1.165) is 0 Å². The minimum atomic E-state index is -3.81. The molecule has 2 unspecified atom stereocenters. The van der Waals surface area contributed by atoms with Crippen LogP contribution < -0.4 is 5.73 Å². The second kappa shape index (κ2) is 9.74. The summed E-state index contributed by atoms with van der Waals surface area (Å²) in [6, 6.07) is 0. The van der Waals surface area contributed by atoms with E-state index in [-0.39, 0.29) is 30.0 Å². The molecule has 2 aromatic heterocycles. The highest BCUT2D eigenvalue weighted by molar-refractivity contribution is 8.07. The number of hydrogen-bond donors (Lipinski definition) is 3. The fraction of sp³-hybridized carbons (Fsp3) is 0.421. The normalized spacial score (nSPS) is 30.3.